The monoisotopic (exact) mass is 266 g/mol. The molecule has 0 atom stereocenters. The van der Waals surface area contributed by atoms with Gasteiger partial charge in [-0.15, -0.1) is 0 Å². The fourth-order valence-corrected chi connectivity index (χ4v) is 2.18. The number of rotatable bonds is 3. The van der Waals surface area contributed by atoms with E-state index >= 15 is 0 Å². The summed E-state index contributed by atoms with van der Waals surface area (Å²) in [6.45, 7) is 2.10. The molecule has 0 bridgehead atoms. The molecule has 2 aromatic rings. The van der Waals surface area contributed by atoms with Gasteiger partial charge in [-0.3, -0.25) is 0 Å². The lowest BCUT2D eigenvalue weighted by molar-refractivity contribution is 0.387. The maximum absolute atomic E-state index is 3.57. The largest absolute Gasteiger partial charge is 0.346 e. The van der Waals surface area contributed by atoms with Crippen LogP contribution in [-0.4, -0.2) is 30.1 Å². The van der Waals surface area contributed by atoms with Gasteiger partial charge in [0.15, 0.2) is 0 Å². The Hall–Kier alpha value is -0.800. The van der Waals surface area contributed by atoms with Crippen molar-refractivity contribution in [3.8, 4) is 0 Å². The molecular formula is C12H15BrN2. The number of halogens is 1. The van der Waals surface area contributed by atoms with Gasteiger partial charge in [-0.05, 0) is 32.3 Å². The lowest BCUT2D eigenvalue weighted by atomic mass is 10.2. The maximum Gasteiger partial charge on any atom is 0.0492 e. The fraction of sp³-hybridized carbons (Fsp3) is 0.333. The molecule has 80 valence electrons. The predicted octanol–water partition coefficient (Wildman–Crippen LogP) is 2.97. The minimum absolute atomic E-state index is 1.03. The molecule has 1 aromatic carbocycles. The van der Waals surface area contributed by atoms with E-state index in [0.29, 0.717) is 0 Å². The second-order valence-electron chi connectivity index (χ2n) is 3.99. The highest BCUT2D eigenvalue weighted by atomic mass is 79.9. The molecule has 0 amide bonds. The highest BCUT2D eigenvalue weighted by molar-refractivity contribution is 9.10. The minimum Gasteiger partial charge on any atom is -0.346 e. The smallest absolute Gasteiger partial charge is 0.0492 e. The molecular weight excluding hydrogens is 252 g/mol. The first kappa shape index (κ1) is 10.7. The molecule has 0 unspecified atom stereocenters. The van der Waals surface area contributed by atoms with E-state index < -0.39 is 0 Å². The van der Waals surface area contributed by atoms with Crippen molar-refractivity contribution in [3.05, 3.63) is 34.9 Å². The summed E-state index contributed by atoms with van der Waals surface area (Å²) in [5.74, 6) is 0. The van der Waals surface area contributed by atoms with Crippen LogP contribution in [-0.2, 0) is 6.54 Å². The Morgan fingerprint density at radius 1 is 1.27 bits per heavy atom. The second kappa shape index (κ2) is 4.37. The summed E-state index contributed by atoms with van der Waals surface area (Å²) in [6, 6.07) is 8.49. The summed E-state index contributed by atoms with van der Waals surface area (Å²) in [7, 11) is 4.20. The van der Waals surface area contributed by atoms with Crippen molar-refractivity contribution < 1.29 is 0 Å². The van der Waals surface area contributed by atoms with Gasteiger partial charge in [-0.1, -0.05) is 22.0 Å². The first-order valence-corrected chi connectivity index (χ1v) is 5.86. The Labute approximate surface area is 98.6 Å². The average Bonchev–Trinajstić information content (AvgIpc) is 2.59. The van der Waals surface area contributed by atoms with E-state index in [0.717, 1.165) is 13.1 Å². The summed E-state index contributed by atoms with van der Waals surface area (Å²) in [4.78, 5) is 2.20. The van der Waals surface area contributed by atoms with E-state index in [4.69, 9.17) is 0 Å². The van der Waals surface area contributed by atoms with Crippen LogP contribution in [0.2, 0.25) is 0 Å². The van der Waals surface area contributed by atoms with Gasteiger partial charge in [0.1, 0.15) is 0 Å². The van der Waals surface area contributed by atoms with Crippen LogP contribution >= 0.6 is 15.9 Å². The van der Waals surface area contributed by atoms with Crippen molar-refractivity contribution in [1.82, 2.24) is 9.47 Å². The van der Waals surface area contributed by atoms with Crippen molar-refractivity contribution in [1.29, 1.82) is 0 Å². The summed E-state index contributed by atoms with van der Waals surface area (Å²) in [5, 5.41) is 1.29. The van der Waals surface area contributed by atoms with Crippen LogP contribution in [0, 0.1) is 0 Å². The van der Waals surface area contributed by atoms with Crippen LogP contribution in [0.25, 0.3) is 10.9 Å². The zero-order valence-electron chi connectivity index (χ0n) is 9.07. The number of aromatic nitrogens is 1. The fourth-order valence-electron chi connectivity index (χ4n) is 1.69. The molecule has 15 heavy (non-hydrogen) atoms. The molecule has 0 N–H and O–H groups in total. The molecule has 2 nitrogen and oxygen atoms in total. The topological polar surface area (TPSA) is 8.17 Å². The summed E-state index contributed by atoms with van der Waals surface area (Å²) in [6.07, 6.45) is 2.15. The van der Waals surface area contributed by atoms with E-state index in [1.165, 1.54) is 15.4 Å². The van der Waals surface area contributed by atoms with Gasteiger partial charge < -0.3 is 9.47 Å². The third-order valence-corrected chi connectivity index (χ3v) is 3.24. The van der Waals surface area contributed by atoms with Crippen LogP contribution in [0.5, 0.6) is 0 Å². The lowest BCUT2D eigenvalue weighted by Crippen LogP contribution is -2.17. The van der Waals surface area contributed by atoms with Crippen molar-refractivity contribution in [3.63, 3.8) is 0 Å². The van der Waals surface area contributed by atoms with Crippen LogP contribution in [0.1, 0.15) is 0 Å². The Balaban J connectivity index is 2.33. The van der Waals surface area contributed by atoms with Crippen molar-refractivity contribution in [2.45, 2.75) is 6.54 Å². The molecule has 3 heteroatoms. The molecule has 2 rings (SSSR count). The third kappa shape index (κ3) is 2.24. The standard InChI is InChI=1S/C12H15BrN2/c1-14(2)8-9-15-7-6-10-11(13)4-3-5-12(10)15/h3-7H,8-9H2,1-2H3. The van der Waals surface area contributed by atoms with E-state index in [-0.39, 0.29) is 0 Å². The second-order valence-corrected chi connectivity index (χ2v) is 4.84. The number of fused-ring (bicyclic) bond motifs is 1. The van der Waals surface area contributed by atoms with Crippen LogP contribution in [0.4, 0.5) is 0 Å². The molecule has 0 aliphatic heterocycles. The van der Waals surface area contributed by atoms with Gasteiger partial charge in [0.25, 0.3) is 0 Å². The van der Waals surface area contributed by atoms with Gasteiger partial charge in [0.2, 0.25) is 0 Å². The minimum atomic E-state index is 1.03. The highest BCUT2D eigenvalue weighted by Gasteiger charge is 2.03. The van der Waals surface area contributed by atoms with Gasteiger partial charge in [-0.2, -0.15) is 0 Å². The van der Waals surface area contributed by atoms with E-state index in [1.54, 1.807) is 0 Å². The van der Waals surface area contributed by atoms with Crippen LogP contribution in [0.15, 0.2) is 34.9 Å². The Bertz CT molecular complexity index is 460. The molecule has 0 aliphatic rings. The van der Waals surface area contributed by atoms with Gasteiger partial charge >= 0.3 is 0 Å². The Morgan fingerprint density at radius 3 is 2.80 bits per heavy atom. The van der Waals surface area contributed by atoms with E-state index in [9.17, 15) is 0 Å². The molecule has 0 aliphatic carbocycles. The van der Waals surface area contributed by atoms with Gasteiger partial charge in [-0.25, -0.2) is 0 Å². The molecule has 0 saturated carbocycles. The Kier molecular flexibility index (Phi) is 3.12. The molecule has 0 saturated heterocycles. The molecule has 0 spiro atoms. The predicted molar refractivity (Wildman–Crippen MR) is 68.2 cm³/mol. The SMILES string of the molecule is CN(C)CCn1ccc2c(Br)cccc21. The van der Waals surface area contributed by atoms with Crippen LogP contribution < -0.4 is 0 Å². The number of nitrogens with zero attached hydrogens (tertiary/aromatic N) is 2. The number of likely N-dealkylation sites (N-methyl/N-ethyl adjacent to an activating group) is 1. The average molecular weight is 267 g/mol. The number of hydrogen-bond acceptors (Lipinski definition) is 1. The van der Waals surface area contributed by atoms with Crippen molar-refractivity contribution >= 4 is 26.8 Å². The van der Waals surface area contributed by atoms with Gasteiger partial charge in [0.05, 0.1) is 0 Å². The van der Waals surface area contributed by atoms with Crippen molar-refractivity contribution in [2.75, 3.05) is 20.6 Å². The quantitative estimate of drug-likeness (QED) is 0.830. The zero-order valence-corrected chi connectivity index (χ0v) is 10.7. The van der Waals surface area contributed by atoms with Crippen molar-refractivity contribution in [2.24, 2.45) is 0 Å². The normalized spacial score (nSPS) is 11.5. The molecule has 0 fully saturated rings. The number of benzene rings is 1. The van der Waals surface area contributed by atoms with Crippen LogP contribution in [0.3, 0.4) is 0 Å². The first-order chi connectivity index (χ1) is 7.18. The van der Waals surface area contributed by atoms with E-state index in [2.05, 4.69) is 70.0 Å². The van der Waals surface area contributed by atoms with Gasteiger partial charge in [0, 0.05) is 34.7 Å². The Morgan fingerprint density at radius 2 is 2.07 bits per heavy atom. The number of hydrogen-bond donors (Lipinski definition) is 0. The summed E-state index contributed by atoms with van der Waals surface area (Å²) >= 11 is 3.57. The zero-order chi connectivity index (χ0) is 10.8. The molecule has 1 aromatic heterocycles. The lowest BCUT2D eigenvalue weighted by Gasteiger charge is -2.11. The molecule has 0 radical (unpaired) electrons. The molecule has 1 heterocycles. The third-order valence-electron chi connectivity index (χ3n) is 2.55. The first-order valence-electron chi connectivity index (χ1n) is 5.06. The maximum atomic E-state index is 3.57. The summed E-state index contributed by atoms with van der Waals surface area (Å²) in [5.41, 5.74) is 1.30. The summed E-state index contributed by atoms with van der Waals surface area (Å²) < 4.78 is 3.46. The van der Waals surface area contributed by atoms with E-state index in [1.807, 2.05) is 0 Å². The highest BCUT2D eigenvalue weighted by Crippen LogP contribution is 2.24.